The first-order chi connectivity index (χ1) is 16.4. The molecule has 4 aromatic rings. The second kappa shape index (κ2) is 8.54. The number of aromatic nitrogens is 3. The highest BCUT2D eigenvalue weighted by molar-refractivity contribution is 5.80. The highest BCUT2D eigenvalue weighted by atomic mass is 16.4. The molecular formula is C24H25N7O3. The van der Waals surface area contributed by atoms with E-state index in [9.17, 15) is 9.59 Å². The zero-order chi connectivity index (χ0) is 23.8. The number of benzene rings is 2. The molecule has 0 bridgehead atoms. The SMILES string of the molecule is CC(=O)N1CCN(c2cccc(-c3nc(N)nc(Nc4ccc5oc(=O)[nH]c5c4)c3C)c2)CC1. The normalized spacial score (nSPS) is 13.9. The number of piperazine rings is 1. The summed E-state index contributed by atoms with van der Waals surface area (Å²) in [6.07, 6.45) is 0. The van der Waals surface area contributed by atoms with Crippen LogP contribution in [0.4, 0.5) is 23.1 Å². The van der Waals surface area contributed by atoms with Crippen LogP contribution in [-0.4, -0.2) is 51.9 Å². The van der Waals surface area contributed by atoms with E-state index in [-0.39, 0.29) is 11.9 Å². The zero-order valence-corrected chi connectivity index (χ0v) is 19.0. The fourth-order valence-electron chi connectivity index (χ4n) is 4.23. The topological polar surface area (TPSA) is 133 Å². The van der Waals surface area contributed by atoms with E-state index in [0.29, 0.717) is 30.0 Å². The number of anilines is 4. The van der Waals surface area contributed by atoms with Crippen molar-refractivity contribution in [2.45, 2.75) is 13.8 Å². The molecule has 0 radical (unpaired) electrons. The van der Waals surface area contributed by atoms with Crippen molar-refractivity contribution < 1.29 is 9.21 Å². The third-order valence-corrected chi connectivity index (χ3v) is 6.05. The van der Waals surface area contributed by atoms with E-state index in [1.807, 2.05) is 24.0 Å². The van der Waals surface area contributed by atoms with Gasteiger partial charge in [0.15, 0.2) is 5.58 Å². The van der Waals surface area contributed by atoms with Crippen molar-refractivity contribution >= 4 is 40.1 Å². The van der Waals surface area contributed by atoms with Crippen molar-refractivity contribution in [1.29, 1.82) is 0 Å². The molecule has 2 aromatic carbocycles. The van der Waals surface area contributed by atoms with Crippen LogP contribution in [0.25, 0.3) is 22.4 Å². The summed E-state index contributed by atoms with van der Waals surface area (Å²) in [5, 5.41) is 3.28. The predicted molar refractivity (Wildman–Crippen MR) is 131 cm³/mol. The molecule has 10 nitrogen and oxygen atoms in total. The molecule has 174 valence electrons. The molecule has 0 unspecified atom stereocenters. The number of nitrogens with zero attached hydrogens (tertiary/aromatic N) is 4. The zero-order valence-electron chi connectivity index (χ0n) is 19.0. The number of carbonyl (C=O) groups is 1. The van der Waals surface area contributed by atoms with Crippen LogP contribution in [-0.2, 0) is 4.79 Å². The van der Waals surface area contributed by atoms with Crippen LogP contribution < -0.4 is 21.7 Å². The molecule has 1 aliphatic rings. The molecule has 0 saturated carbocycles. The van der Waals surface area contributed by atoms with Gasteiger partial charge in [-0.15, -0.1) is 0 Å². The van der Waals surface area contributed by atoms with Gasteiger partial charge in [0.2, 0.25) is 11.9 Å². The van der Waals surface area contributed by atoms with Gasteiger partial charge in [-0.3, -0.25) is 9.78 Å². The monoisotopic (exact) mass is 459 g/mol. The molecule has 10 heteroatoms. The van der Waals surface area contributed by atoms with Crippen molar-refractivity contribution in [2.24, 2.45) is 0 Å². The summed E-state index contributed by atoms with van der Waals surface area (Å²) in [5.41, 5.74) is 11.4. The summed E-state index contributed by atoms with van der Waals surface area (Å²) in [6, 6.07) is 13.4. The molecule has 0 atom stereocenters. The molecule has 1 aliphatic heterocycles. The van der Waals surface area contributed by atoms with Crippen LogP contribution in [0.2, 0.25) is 0 Å². The predicted octanol–water partition coefficient (Wildman–Crippen LogP) is 2.88. The summed E-state index contributed by atoms with van der Waals surface area (Å²) in [5.74, 6) is 0.341. The summed E-state index contributed by atoms with van der Waals surface area (Å²) in [7, 11) is 0. The van der Waals surface area contributed by atoms with Crippen LogP contribution in [0.5, 0.6) is 0 Å². The molecule has 1 saturated heterocycles. The highest BCUT2D eigenvalue weighted by Crippen LogP contribution is 2.31. The minimum Gasteiger partial charge on any atom is -0.408 e. The number of hydrogen-bond acceptors (Lipinski definition) is 8. The van der Waals surface area contributed by atoms with E-state index in [1.165, 1.54) is 0 Å². The smallest absolute Gasteiger partial charge is 0.408 e. The quantitative estimate of drug-likeness (QED) is 0.424. The van der Waals surface area contributed by atoms with E-state index < -0.39 is 5.76 Å². The first-order valence-electron chi connectivity index (χ1n) is 11.0. The number of hydrogen-bond donors (Lipinski definition) is 3. The van der Waals surface area contributed by atoms with Crippen LogP contribution in [0.1, 0.15) is 12.5 Å². The van der Waals surface area contributed by atoms with Crippen LogP contribution in [0.3, 0.4) is 0 Å². The average molecular weight is 460 g/mol. The van der Waals surface area contributed by atoms with Gasteiger partial charge in [0, 0.05) is 55.6 Å². The van der Waals surface area contributed by atoms with Gasteiger partial charge in [-0.05, 0) is 37.3 Å². The molecule has 1 fully saturated rings. The maximum atomic E-state index is 11.6. The number of nitrogen functional groups attached to an aromatic ring is 1. The van der Waals surface area contributed by atoms with E-state index in [1.54, 1.807) is 25.1 Å². The highest BCUT2D eigenvalue weighted by Gasteiger charge is 2.20. The third kappa shape index (κ3) is 4.17. The van der Waals surface area contributed by atoms with Gasteiger partial charge in [-0.1, -0.05) is 12.1 Å². The number of aromatic amines is 1. The number of oxazole rings is 1. The van der Waals surface area contributed by atoms with Crippen LogP contribution >= 0.6 is 0 Å². The van der Waals surface area contributed by atoms with Gasteiger partial charge in [0.05, 0.1) is 11.2 Å². The first kappa shape index (κ1) is 21.5. The van der Waals surface area contributed by atoms with Gasteiger partial charge >= 0.3 is 5.76 Å². The Bertz CT molecular complexity index is 1430. The standard InChI is InChI=1S/C24H25N7O3/c1-14-21(16-4-3-5-18(12-16)31-10-8-30(9-11-31)15(2)32)28-23(25)29-22(14)26-17-6-7-20-19(13-17)27-24(33)34-20/h3-7,12-13H,8-11H2,1-2H3,(H,27,33)(H3,25,26,28,29). The van der Waals surface area contributed by atoms with Gasteiger partial charge in [-0.2, -0.15) is 4.98 Å². The summed E-state index contributed by atoms with van der Waals surface area (Å²) in [6.45, 7) is 6.52. The Morgan fingerprint density at radius 1 is 1.12 bits per heavy atom. The largest absolute Gasteiger partial charge is 0.417 e. The lowest BCUT2D eigenvalue weighted by Crippen LogP contribution is -2.48. The van der Waals surface area contributed by atoms with E-state index in [4.69, 9.17) is 10.2 Å². The Morgan fingerprint density at radius 2 is 1.91 bits per heavy atom. The van der Waals surface area contributed by atoms with Gasteiger partial charge in [-0.25, -0.2) is 9.78 Å². The van der Waals surface area contributed by atoms with Gasteiger partial charge in [0.1, 0.15) is 5.82 Å². The molecule has 2 aromatic heterocycles. The van der Waals surface area contributed by atoms with Gasteiger partial charge < -0.3 is 25.3 Å². The Morgan fingerprint density at radius 3 is 2.68 bits per heavy atom. The van der Waals surface area contributed by atoms with Crippen molar-refractivity contribution in [3.05, 3.63) is 58.6 Å². The summed E-state index contributed by atoms with van der Waals surface area (Å²) < 4.78 is 5.06. The second-order valence-corrected chi connectivity index (χ2v) is 8.30. The molecule has 34 heavy (non-hydrogen) atoms. The first-order valence-corrected chi connectivity index (χ1v) is 11.0. The summed E-state index contributed by atoms with van der Waals surface area (Å²) in [4.78, 5) is 38.8. The lowest BCUT2D eigenvalue weighted by atomic mass is 10.1. The lowest BCUT2D eigenvalue weighted by molar-refractivity contribution is -0.129. The Kier molecular flexibility index (Phi) is 5.40. The van der Waals surface area contributed by atoms with Gasteiger partial charge in [0.25, 0.3) is 0 Å². The number of fused-ring (bicyclic) bond motifs is 1. The number of amides is 1. The Balaban J connectivity index is 1.43. The number of nitrogens with two attached hydrogens (primary N) is 1. The Hall–Kier alpha value is -4.34. The van der Waals surface area contributed by atoms with Crippen molar-refractivity contribution in [2.75, 3.05) is 42.1 Å². The van der Waals surface area contributed by atoms with E-state index in [0.717, 1.165) is 41.3 Å². The van der Waals surface area contributed by atoms with Crippen molar-refractivity contribution in [3.8, 4) is 11.3 Å². The molecule has 4 N–H and O–H groups in total. The third-order valence-electron chi connectivity index (χ3n) is 6.05. The van der Waals surface area contributed by atoms with Crippen molar-refractivity contribution in [1.82, 2.24) is 19.9 Å². The average Bonchev–Trinajstić information content (AvgIpc) is 3.20. The summed E-state index contributed by atoms with van der Waals surface area (Å²) >= 11 is 0. The minimum atomic E-state index is -0.500. The molecule has 5 rings (SSSR count). The number of nitrogens with one attached hydrogen (secondary N) is 2. The molecule has 3 heterocycles. The van der Waals surface area contributed by atoms with E-state index >= 15 is 0 Å². The number of rotatable bonds is 4. The minimum absolute atomic E-state index is 0.110. The lowest BCUT2D eigenvalue weighted by Gasteiger charge is -2.35. The van der Waals surface area contributed by atoms with Crippen LogP contribution in [0, 0.1) is 6.92 Å². The number of carbonyl (C=O) groups excluding carboxylic acids is 1. The van der Waals surface area contributed by atoms with Crippen LogP contribution in [0.15, 0.2) is 51.7 Å². The van der Waals surface area contributed by atoms with E-state index in [2.05, 4.69) is 37.3 Å². The fourth-order valence-corrected chi connectivity index (χ4v) is 4.23. The molecule has 0 spiro atoms. The molecular weight excluding hydrogens is 434 g/mol. The molecule has 0 aliphatic carbocycles. The number of H-pyrrole nitrogens is 1. The maximum Gasteiger partial charge on any atom is 0.417 e. The Labute approximate surface area is 195 Å². The fraction of sp³-hybridized carbons (Fsp3) is 0.250. The molecule has 1 amide bonds. The van der Waals surface area contributed by atoms with Crippen molar-refractivity contribution in [3.63, 3.8) is 0 Å². The maximum absolute atomic E-state index is 11.6. The second-order valence-electron chi connectivity index (χ2n) is 8.30.